The highest BCUT2D eigenvalue weighted by atomic mass is 16.3. The average molecular weight is 338 g/mol. The highest BCUT2D eigenvalue weighted by molar-refractivity contribution is 5.91. The lowest BCUT2D eigenvalue weighted by molar-refractivity contribution is 0.243. The number of aryl methyl sites for hydroxylation is 1. The van der Waals surface area contributed by atoms with Crippen molar-refractivity contribution in [1.29, 1.82) is 0 Å². The quantitative estimate of drug-likeness (QED) is 0.764. The summed E-state index contributed by atoms with van der Waals surface area (Å²) in [4.78, 5) is 21.0. The van der Waals surface area contributed by atoms with Crippen LogP contribution < -0.4 is 10.6 Å². The molecule has 25 heavy (non-hydrogen) atoms. The van der Waals surface area contributed by atoms with Gasteiger partial charge in [-0.1, -0.05) is 0 Å². The summed E-state index contributed by atoms with van der Waals surface area (Å²) >= 11 is 0. The summed E-state index contributed by atoms with van der Waals surface area (Å²) < 4.78 is 7.63. The molecule has 5 rings (SSSR count). The largest absolute Gasteiger partial charge is 0.440 e. The van der Waals surface area contributed by atoms with E-state index in [0.29, 0.717) is 23.7 Å². The van der Waals surface area contributed by atoms with Gasteiger partial charge in [-0.05, 0) is 31.4 Å². The number of hydrogen-bond acceptors (Lipinski definition) is 5. The van der Waals surface area contributed by atoms with E-state index in [1.165, 1.54) is 0 Å². The Kier molecular flexibility index (Phi) is 3.22. The van der Waals surface area contributed by atoms with Gasteiger partial charge in [0.15, 0.2) is 11.5 Å². The van der Waals surface area contributed by atoms with E-state index in [0.717, 1.165) is 42.9 Å². The number of benzene rings is 1. The topological polar surface area (TPSA) is 97.9 Å². The SMILES string of the molecule is O=C(Nc1ccc2nc(C3CC3)oc2c1)NC1CCc2ncnn2C1. The van der Waals surface area contributed by atoms with Crippen LogP contribution in [0, 0.1) is 0 Å². The van der Waals surface area contributed by atoms with E-state index < -0.39 is 0 Å². The van der Waals surface area contributed by atoms with Crippen molar-refractivity contribution >= 4 is 22.8 Å². The van der Waals surface area contributed by atoms with Crippen molar-refractivity contribution in [3.05, 3.63) is 36.2 Å². The molecule has 1 aliphatic heterocycles. The summed E-state index contributed by atoms with van der Waals surface area (Å²) in [5.74, 6) is 2.25. The predicted octanol–water partition coefficient (Wildman–Crippen LogP) is 2.43. The van der Waals surface area contributed by atoms with Gasteiger partial charge >= 0.3 is 6.03 Å². The highest BCUT2D eigenvalue weighted by Gasteiger charge is 2.29. The Morgan fingerprint density at radius 2 is 2.20 bits per heavy atom. The van der Waals surface area contributed by atoms with Gasteiger partial charge in [0.05, 0.1) is 12.6 Å². The van der Waals surface area contributed by atoms with Crippen molar-refractivity contribution in [2.45, 2.75) is 44.2 Å². The van der Waals surface area contributed by atoms with Gasteiger partial charge < -0.3 is 15.1 Å². The van der Waals surface area contributed by atoms with E-state index in [9.17, 15) is 4.79 Å². The fourth-order valence-electron chi connectivity index (χ4n) is 3.23. The number of nitrogens with one attached hydrogen (secondary N) is 2. The van der Waals surface area contributed by atoms with Crippen LogP contribution in [-0.2, 0) is 13.0 Å². The van der Waals surface area contributed by atoms with E-state index in [4.69, 9.17) is 4.42 Å². The molecule has 1 fully saturated rings. The molecular formula is C17H18N6O2. The van der Waals surface area contributed by atoms with Gasteiger partial charge in [0.2, 0.25) is 0 Å². The molecule has 2 amide bonds. The maximum absolute atomic E-state index is 12.3. The summed E-state index contributed by atoms with van der Waals surface area (Å²) in [7, 11) is 0. The standard InChI is InChI=1S/C17H18N6O2/c24-17(21-12-4-6-15-18-9-19-23(15)8-12)20-11-3-5-13-14(7-11)25-16(22-13)10-1-2-10/h3,5,7,9-10,12H,1-2,4,6,8H2,(H2,20,21,24). The molecule has 1 saturated carbocycles. The number of aromatic nitrogens is 4. The van der Waals surface area contributed by atoms with Gasteiger partial charge in [0.25, 0.3) is 0 Å². The van der Waals surface area contributed by atoms with Gasteiger partial charge in [-0.25, -0.2) is 19.4 Å². The summed E-state index contributed by atoms with van der Waals surface area (Å²) in [6.45, 7) is 0.647. The molecule has 1 atom stereocenters. The molecule has 1 aliphatic carbocycles. The summed E-state index contributed by atoms with van der Waals surface area (Å²) in [5, 5.41) is 10.0. The molecule has 8 nitrogen and oxygen atoms in total. The third-order valence-electron chi connectivity index (χ3n) is 4.73. The Hall–Kier alpha value is -2.90. The zero-order valence-corrected chi connectivity index (χ0v) is 13.6. The zero-order valence-electron chi connectivity index (χ0n) is 13.6. The van der Waals surface area contributed by atoms with Gasteiger partial charge in [-0.2, -0.15) is 5.10 Å². The van der Waals surface area contributed by atoms with Crippen molar-refractivity contribution < 1.29 is 9.21 Å². The second-order valence-electron chi connectivity index (χ2n) is 6.70. The van der Waals surface area contributed by atoms with E-state index in [1.54, 1.807) is 6.33 Å². The monoisotopic (exact) mass is 338 g/mol. The minimum Gasteiger partial charge on any atom is -0.440 e. The van der Waals surface area contributed by atoms with E-state index in [1.807, 2.05) is 22.9 Å². The van der Waals surface area contributed by atoms with Crippen molar-refractivity contribution in [3.63, 3.8) is 0 Å². The van der Waals surface area contributed by atoms with Crippen LogP contribution in [0.2, 0.25) is 0 Å². The first-order valence-corrected chi connectivity index (χ1v) is 8.59. The molecule has 2 aliphatic rings. The molecule has 0 saturated heterocycles. The fraction of sp³-hybridized carbons (Fsp3) is 0.412. The minimum atomic E-state index is -0.227. The molecular weight excluding hydrogens is 320 g/mol. The second kappa shape index (κ2) is 5.58. The lowest BCUT2D eigenvalue weighted by atomic mass is 10.1. The van der Waals surface area contributed by atoms with Gasteiger partial charge in [0.1, 0.15) is 17.7 Å². The summed E-state index contributed by atoms with van der Waals surface area (Å²) in [6.07, 6.45) is 5.53. The minimum absolute atomic E-state index is 0.0460. The lowest BCUT2D eigenvalue weighted by Crippen LogP contribution is -2.43. The number of rotatable bonds is 3. The van der Waals surface area contributed by atoms with Gasteiger partial charge in [0, 0.05) is 24.1 Å². The van der Waals surface area contributed by atoms with Crippen molar-refractivity contribution in [1.82, 2.24) is 25.1 Å². The van der Waals surface area contributed by atoms with E-state index in [-0.39, 0.29) is 12.1 Å². The van der Waals surface area contributed by atoms with Crippen LogP contribution in [0.1, 0.15) is 36.9 Å². The molecule has 128 valence electrons. The van der Waals surface area contributed by atoms with E-state index >= 15 is 0 Å². The Balaban J connectivity index is 1.25. The van der Waals surface area contributed by atoms with Crippen LogP contribution >= 0.6 is 0 Å². The maximum Gasteiger partial charge on any atom is 0.319 e. The normalized spacial score (nSPS) is 19.6. The van der Waals surface area contributed by atoms with Crippen LogP contribution in [0.3, 0.4) is 0 Å². The van der Waals surface area contributed by atoms with Gasteiger partial charge in [-0.3, -0.25) is 0 Å². The molecule has 0 spiro atoms. The molecule has 2 N–H and O–H groups in total. The highest BCUT2D eigenvalue weighted by Crippen LogP contribution is 2.40. The van der Waals surface area contributed by atoms with Crippen LogP contribution in [0.5, 0.6) is 0 Å². The maximum atomic E-state index is 12.3. The lowest BCUT2D eigenvalue weighted by Gasteiger charge is -2.23. The first kappa shape index (κ1) is 14.4. The molecule has 2 aromatic heterocycles. The number of hydrogen-bond donors (Lipinski definition) is 2. The number of carbonyl (C=O) groups is 1. The van der Waals surface area contributed by atoms with Crippen molar-refractivity contribution in [2.75, 3.05) is 5.32 Å². The Morgan fingerprint density at radius 3 is 3.08 bits per heavy atom. The second-order valence-corrected chi connectivity index (χ2v) is 6.70. The Bertz CT molecular complexity index is 942. The third-order valence-corrected chi connectivity index (χ3v) is 4.73. The van der Waals surface area contributed by atoms with E-state index in [2.05, 4.69) is 25.7 Å². The van der Waals surface area contributed by atoms with Gasteiger partial charge in [-0.15, -0.1) is 0 Å². The molecule has 0 radical (unpaired) electrons. The third kappa shape index (κ3) is 2.84. The molecule has 3 aromatic rings. The number of amides is 2. The van der Waals surface area contributed by atoms with Crippen LogP contribution in [-0.4, -0.2) is 31.8 Å². The Labute approximate surface area is 143 Å². The predicted molar refractivity (Wildman–Crippen MR) is 90.3 cm³/mol. The molecule has 1 unspecified atom stereocenters. The number of fused-ring (bicyclic) bond motifs is 2. The first-order chi connectivity index (χ1) is 12.2. The summed E-state index contributed by atoms with van der Waals surface area (Å²) in [5.41, 5.74) is 2.24. The number of carbonyl (C=O) groups excluding carboxylic acids is 1. The number of nitrogens with zero attached hydrogens (tertiary/aromatic N) is 4. The van der Waals surface area contributed by atoms with Crippen LogP contribution in [0.15, 0.2) is 28.9 Å². The average Bonchev–Trinajstić information content (AvgIpc) is 3.20. The number of oxazole rings is 1. The molecule has 3 heterocycles. The van der Waals surface area contributed by atoms with Crippen molar-refractivity contribution in [3.8, 4) is 0 Å². The number of anilines is 1. The van der Waals surface area contributed by atoms with Crippen molar-refractivity contribution in [2.24, 2.45) is 0 Å². The fourth-order valence-corrected chi connectivity index (χ4v) is 3.23. The molecule has 1 aromatic carbocycles. The summed E-state index contributed by atoms with van der Waals surface area (Å²) in [6, 6.07) is 5.36. The first-order valence-electron chi connectivity index (χ1n) is 8.59. The molecule has 0 bridgehead atoms. The number of urea groups is 1. The van der Waals surface area contributed by atoms with Crippen LogP contribution in [0.4, 0.5) is 10.5 Å². The zero-order chi connectivity index (χ0) is 16.8. The smallest absolute Gasteiger partial charge is 0.319 e. The molecule has 8 heteroatoms. The Morgan fingerprint density at radius 1 is 1.28 bits per heavy atom. The van der Waals surface area contributed by atoms with Crippen LogP contribution in [0.25, 0.3) is 11.1 Å².